The molecule has 0 saturated heterocycles. The van der Waals surface area contributed by atoms with Crippen molar-refractivity contribution in [1.29, 1.82) is 0 Å². The fourth-order valence-corrected chi connectivity index (χ4v) is 10.6. The number of allylic oxidation sites excluding steroid dienone is 28. The van der Waals surface area contributed by atoms with Gasteiger partial charge in [-0.15, -0.1) is 0 Å². The molecule has 0 aromatic heterocycles. The first-order valence-corrected chi connectivity index (χ1v) is 21.7. The minimum atomic E-state index is 0.352. The number of hydrogen-bond acceptors (Lipinski definition) is 1. The molecule has 0 aliphatic heterocycles. The third-order valence-electron chi connectivity index (χ3n) is 13.9. The lowest BCUT2D eigenvalue weighted by Gasteiger charge is -2.36. The fourth-order valence-electron chi connectivity index (χ4n) is 10.6. The highest BCUT2D eigenvalue weighted by Crippen LogP contribution is 2.43. The Labute approximate surface area is 327 Å². The van der Waals surface area contributed by atoms with E-state index in [0.717, 1.165) is 44.1 Å². The molecular weight excluding hydrogens is 651 g/mol. The summed E-state index contributed by atoms with van der Waals surface area (Å²) in [5.41, 5.74) is 8.39. The summed E-state index contributed by atoms with van der Waals surface area (Å²) in [5.74, 6) is 5.50. The molecule has 0 aromatic carbocycles. The van der Waals surface area contributed by atoms with Crippen LogP contribution < -0.4 is 0 Å². The van der Waals surface area contributed by atoms with E-state index in [0.29, 0.717) is 47.3 Å². The molecule has 0 N–H and O–H groups in total. The Morgan fingerprint density at radius 2 is 1.61 bits per heavy atom. The normalized spacial score (nSPS) is 35.3. The molecule has 280 valence electrons. The topological polar surface area (TPSA) is 12.4 Å². The molecule has 0 radical (unpaired) electrons. The van der Waals surface area contributed by atoms with Crippen molar-refractivity contribution in [2.45, 2.75) is 84.5 Å². The third-order valence-corrected chi connectivity index (χ3v) is 13.9. The predicted octanol–water partition coefficient (Wildman–Crippen LogP) is 13.7. The smallest absolute Gasteiger partial charge is 0.0669 e. The summed E-state index contributed by atoms with van der Waals surface area (Å²) >= 11 is 0. The van der Waals surface area contributed by atoms with Gasteiger partial charge in [0.15, 0.2) is 0 Å². The molecule has 1 saturated carbocycles. The minimum absolute atomic E-state index is 0.352. The van der Waals surface area contributed by atoms with E-state index < -0.39 is 0 Å². The molecule has 54 heavy (non-hydrogen) atoms. The second kappa shape index (κ2) is 17.7. The Hall–Kier alpha value is -3.97. The lowest BCUT2D eigenvalue weighted by Crippen LogP contribution is -2.26. The highest BCUT2D eigenvalue weighted by Gasteiger charge is 2.33. The second-order valence-corrected chi connectivity index (χ2v) is 17.5. The Morgan fingerprint density at radius 1 is 0.741 bits per heavy atom. The van der Waals surface area contributed by atoms with Crippen molar-refractivity contribution in [3.8, 4) is 0 Å². The molecule has 1 nitrogen and oxygen atoms in total. The monoisotopic (exact) mass is 713 g/mol. The van der Waals surface area contributed by atoms with Gasteiger partial charge in [0.1, 0.15) is 0 Å². The van der Waals surface area contributed by atoms with Crippen LogP contribution in [-0.2, 0) is 0 Å². The molecule has 8 unspecified atom stereocenters. The molecule has 0 amide bonds. The zero-order valence-corrected chi connectivity index (χ0v) is 33.0. The van der Waals surface area contributed by atoms with Crippen molar-refractivity contribution >= 4 is 5.71 Å². The molecule has 8 aliphatic carbocycles. The van der Waals surface area contributed by atoms with E-state index in [-0.39, 0.29) is 0 Å². The Bertz CT molecular complexity index is 1840. The van der Waals surface area contributed by atoms with Crippen LogP contribution in [0.25, 0.3) is 0 Å². The number of nitrogens with zero attached hydrogens (tertiary/aromatic N) is 1. The molecular formula is C53H63N. The van der Waals surface area contributed by atoms with E-state index in [1.807, 2.05) is 0 Å². The summed E-state index contributed by atoms with van der Waals surface area (Å²) in [5, 5.41) is 0. The van der Waals surface area contributed by atoms with E-state index in [4.69, 9.17) is 4.99 Å². The van der Waals surface area contributed by atoms with Gasteiger partial charge >= 0.3 is 0 Å². The quantitative estimate of drug-likeness (QED) is 0.158. The molecule has 0 aromatic rings. The Morgan fingerprint density at radius 3 is 2.41 bits per heavy atom. The number of fused-ring (bicyclic) bond motifs is 1. The van der Waals surface area contributed by atoms with E-state index in [2.05, 4.69) is 154 Å². The van der Waals surface area contributed by atoms with Crippen molar-refractivity contribution in [3.05, 3.63) is 168 Å². The van der Waals surface area contributed by atoms with Gasteiger partial charge in [0.2, 0.25) is 0 Å². The summed E-state index contributed by atoms with van der Waals surface area (Å²) in [6.07, 6.45) is 69.2. The summed E-state index contributed by atoms with van der Waals surface area (Å²) in [7, 11) is 0. The summed E-state index contributed by atoms with van der Waals surface area (Å²) in [4.78, 5) is 5.54. The lowest BCUT2D eigenvalue weighted by atomic mass is 9.68. The van der Waals surface area contributed by atoms with E-state index in [1.165, 1.54) is 72.9 Å². The van der Waals surface area contributed by atoms with Gasteiger partial charge in [0.25, 0.3) is 0 Å². The van der Waals surface area contributed by atoms with Crippen LogP contribution in [0.1, 0.15) is 84.5 Å². The maximum Gasteiger partial charge on any atom is 0.0669 e. The highest BCUT2D eigenvalue weighted by atomic mass is 14.8. The van der Waals surface area contributed by atoms with Gasteiger partial charge in [0, 0.05) is 30.2 Å². The van der Waals surface area contributed by atoms with Crippen molar-refractivity contribution in [1.82, 2.24) is 0 Å². The molecule has 0 spiro atoms. The van der Waals surface area contributed by atoms with Gasteiger partial charge in [-0.25, -0.2) is 0 Å². The van der Waals surface area contributed by atoms with Crippen LogP contribution in [0.4, 0.5) is 0 Å². The predicted molar refractivity (Wildman–Crippen MR) is 232 cm³/mol. The minimum Gasteiger partial charge on any atom is -0.284 e. The summed E-state index contributed by atoms with van der Waals surface area (Å²) in [6.45, 7) is 5.70. The first-order chi connectivity index (χ1) is 26.6. The molecule has 0 bridgehead atoms. The van der Waals surface area contributed by atoms with Crippen LogP contribution in [0.5, 0.6) is 0 Å². The maximum atomic E-state index is 5.54. The van der Waals surface area contributed by atoms with Gasteiger partial charge in [-0.1, -0.05) is 152 Å². The van der Waals surface area contributed by atoms with Crippen LogP contribution in [0.15, 0.2) is 173 Å². The van der Waals surface area contributed by atoms with Crippen LogP contribution in [0, 0.1) is 59.2 Å². The summed E-state index contributed by atoms with van der Waals surface area (Å²) in [6, 6.07) is 0. The molecule has 1 fully saturated rings. The van der Waals surface area contributed by atoms with Gasteiger partial charge < -0.3 is 0 Å². The van der Waals surface area contributed by atoms with Crippen molar-refractivity contribution in [2.24, 2.45) is 64.2 Å². The zero-order valence-electron chi connectivity index (χ0n) is 33.0. The number of rotatable bonds is 10. The van der Waals surface area contributed by atoms with Gasteiger partial charge in [-0.05, 0) is 135 Å². The standard InChI is InChI=1S/C53H63N/c1-38(46-23-14-24-49(34-46)51-32-31-48(42-17-8-4-9-18-42)36-52(51)45-20-10-5-11-21-45)33-39(2)53(50-30-29-43-19-12-13-22-47(43)35-50)54-37-40-25-27-44(28-26-40)41-15-6-3-7-16-41/h4,6,8-10,12-15,17,19-24,29-33,35-36,38,40-44,47,49,51-52H,3,5,7,11,16,18,25-28,34,37H2,1-2H3/b39-33+,54-53?. The number of hydrogen-bond donors (Lipinski definition) is 0. The van der Waals surface area contributed by atoms with Crippen LogP contribution in [0.2, 0.25) is 0 Å². The van der Waals surface area contributed by atoms with Crippen LogP contribution >= 0.6 is 0 Å². The first-order valence-electron chi connectivity index (χ1n) is 21.7. The van der Waals surface area contributed by atoms with Crippen molar-refractivity contribution in [3.63, 3.8) is 0 Å². The molecule has 8 rings (SSSR count). The largest absolute Gasteiger partial charge is 0.284 e. The SMILES string of the molecule is C/C(=C\C(C)C1=CC=CC(C2C=CC(C3C=CC=CC3)=CC2C2=CCCC=C2)C1)C(=NCC1CCC(C2C=CCCC2)CC1)C1=CC2C=CC=CC2C=C1. The highest BCUT2D eigenvalue weighted by molar-refractivity contribution is 6.14. The van der Waals surface area contributed by atoms with E-state index in [9.17, 15) is 0 Å². The van der Waals surface area contributed by atoms with Crippen molar-refractivity contribution < 1.29 is 0 Å². The third kappa shape index (κ3) is 8.77. The Balaban J connectivity index is 0.986. The lowest BCUT2D eigenvalue weighted by molar-refractivity contribution is 0.221. The molecule has 8 atom stereocenters. The Kier molecular flexibility index (Phi) is 12.1. The first kappa shape index (κ1) is 37.0. The molecule has 1 heteroatoms. The van der Waals surface area contributed by atoms with E-state index in [1.54, 1.807) is 5.57 Å². The van der Waals surface area contributed by atoms with Crippen LogP contribution in [-0.4, -0.2) is 12.3 Å². The van der Waals surface area contributed by atoms with Gasteiger partial charge in [-0.2, -0.15) is 0 Å². The number of aliphatic imine (C=N–C) groups is 1. The summed E-state index contributed by atoms with van der Waals surface area (Å²) < 4.78 is 0. The van der Waals surface area contributed by atoms with Crippen LogP contribution in [0.3, 0.4) is 0 Å². The fraction of sp³-hybridized carbons (Fsp3) is 0.453. The maximum absolute atomic E-state index is 5.54. The second-order valence-electron chi connectivity index (χ2n) is 17.5. The average molecular weight is 714 g/mol. The van der Waals surface area contributed by atoms with Gasteiger partial charge in [-0.3, -0.25) is 4.99 Å². The van der Waals surface area contributed by atoms with E-state index >= 15 is 0 Å². The van der Waals surface area contributed by atoms with Gasteiger partial charge in [0.05, 0.1) is 5.71 Å². The molecule has 0 heterocycles. The average Bonchev–Trinajstić information content (AvgIpc) is 3.24. The van der Waals surface area contributed by atoms with Crippen molar-refractivity contribution in [2.75, 3.05) is 6.54 Å². The molecule has 8 aliphatic rings. The zero-order chi connectivity index (χ0) is 36.7.